The minimum atomic E-state index is -0.442. The van der Waals surface area contributed by atoms with Gasteiger partial charge in [0.2, 0.25) is 11.8 Å². The third kappa shape index (κ3) is 4.00. The molecule has 0 aromatic rings. The molecule has 1 atom stereocenters. The fourth-order valence-corrected chi connectivity index (χ4v) is 2.05. The van der Waals surface area contributed by atoms with Crippen molar-refractivity contribution in [3.63, 3.8) is 0 Å². The Morgan fingerprint density at radius 1 is 1.47 bits per heavy atom. The molecule has 0 aromatic carbocycles. The molecule has 1 N–H and O–H groups in total. The van der Waals surface area contributed by atoms with Crippen LogP contribution in [0.4, 0.5) is 0 Å². The van der Waals surface area contributed by atoms with E-state index in [1.54, 1.807) is 11.8 Å². The topological polar surface area (TPSA) is 58.6 Å². The van der Waals surface area contributed by atoms with E-state index in [9.17, 15) is 9.59 Å². The average molecular weight is 242 g/mol. The minimum absolute atomic E-state index is 0.0383. The van der Waals surface area contributed by atoms with Crippen LogP contribution in [0.2, 0.25) is 0 Å². The molecule has 5 heteroatoms. The van der Waals surface area contributed by atoms with Gasteiger partial charge in [-0.1, -0.05) is 0 Å². The van der Waals surface area contributed by atoms with Crippen LogP contribution in [0.5, 0.6) is 0 Å². The van der Waals surface area contributed by atoms with Gasteiger partial charge in [0, 0.05) is 26.1 Å². The number of ether oxygens (including phenoxy) is 1. The Bertz CT molecular complexity index is 302. The summed E-state index contributed by atoms with van der Waals surface area (Å²) in [6.45, 7) is 9.14. The fourth-order valence-electron chi connectivity index (χ4n) is 2.05. The second-order valence-electron chi connectivity index (χ2n) is 4.99. The first kappa shape index (κ1) is 14.0. The van der Waals surface area contributed by atoms with E-state index < -0.39 is 6.04 Å². The summed E-state index contributed by atoms with van der Waals surface area (Å²) in [5, 5.41) is 2.67. The lowest BCUT2D eigenvalue weighted by Gasteiger charge is -2.32. The van der Waals surface area contributed by atoms with Crippen molar-refractivity contribution in [3.8, 4) is 0 Å². The first-order valence-corrected chi connectivity index (χ1v) is 6.08. The first-order valence-electron chi connectivity index (χ1n) is 6.08. The maximum atomic E-state index is 12.0. The zero-order chi connectivity index (χ0) is 13.1. The Labute approximate surface area is 102 Å². The lowest BCUT2D eigenvalue weighted by atomic mass is 10.1. The quantitative estimate of drug-likeness (QED) is 0.782. The molecule has 1 aliphatic rings. The Balaban J connectivity index is 2.68. The minimum Gasteiger partial charge on any atom is -0.374 e. The van der Waals surface area contributed by atoms with Gasteiger partial charge in [-0.2, -0.15) is 0 Å². The van der Waals surface area contributed by atoms with E-state index in [1.807, 2.05) is 20.8 Å². The van der Waals surface area contributed by atoms with E-state index in [0.717, 1.165) is 0 Å². The molecular weight excluding hydrogens is 220 g/mol. The summed E-state index contributed by atoms with van der Waals surface area (Å²) < 4.78 is 5.58. The van der Waals surface area contributed by atoms with Crippen molar-refractivity contribution in [1.29, 1.82) is 0 Å². The van der Waals surface area contributed by atoms with Crippen LogP contribution in [0, 0.1) is 0 Å². The highest BCUT2D eigenvalue weighted by Crippen LogP contribution is 2.14. The molecular formula is C12H22N2O3. The molecule has 1 rings (SSSR count). The SMILES string of the molecule is CCOC(C)(C)CN1CCC(=O)NC(C)C1=O. The third-order valence-corrected chi connectivity index (χ3v) is 2.78. The van der Waals surface area contributed by atoms with Crippen LogP contribution < -0.4 is 5.32 Å². The van der Waals surface area contributed by atoms with Crippen LogP contribution in [0.3, 0.4) is 0 Å². The smallest absolute Gasteiger partial charge is 0.244 e. The standard InChI is InChI=1S/C12H22N2O3/c1-5-17-12(3,4)8-14-7-6-10(15)13-9(2)11(14)16/h9H,5-8H2,1-4H3,(H,13,15). The molecule has 1 unspecified atom stereocenters. The van der Waals surface area contributed by atoms with E-state index in [2.05, 4.69) is 5.32 Å². The normalized spacial score (nSPS) is 22.4. The van der Waals surface area contributed by atoms with Crippen molar-refractivity contribution in [2.24, 2.45) is 0 Å². The molecule has 0 aliphatic carbocycles. The van der Waals surface area contributed by atoms with Gasteiger partial charge in [-0.25, -0.2) is 0 Å². The number of rotatable bonds is 4. The van der Waals surface area contributed by atoms with Gasteiger partial charge in [0.1, 0.15) is 6.04 Å². The summed E-state index contributed by atoms with van der Waals surface area (Å²) in [4.78, 5) is 25.1. The second kappa shape index (κ2) is 5.49. The number of nitrogens with zero attached hydrogens (tertiary/aromatic N) is 1. The third-order valence-electron chi connectivity index (χ3n) is 2.78. The fraction of sp³-hybridized carbons (Fsp3) is 0.833. The number of carbonyl (C=O) groups excluding carboxylic acids is 2. The van der Waals surface area contributed by atoms with Gasteiger partial charge in [0.15, 0.2) is 0 Å². The van der Waals surface area contributed by atoms with Gasteiger partial charge in [-0.15, -0.1) is 0 Å². The van der Waals surface area contributed by atoms with E-state index in [0.29, 0.717) is 26.1 Å². The number of carbonyl (C=O) groups is 2. The molecule has 1 heterocycles. The first-order chi connectivity index (χ1) is 7.85. The van der Waals surface area contributed by atoms with Crippen LogP contribution in [-0.2, 0) is 14.3 Å². The molecule has 0 saturated carbocycles. The second-order valence-corrected chi connectivity index (χ2v) is 4.99. The Hall–Kier alpha value is -1.10. The predicted molar refractivity (Wildman–Crippen MR) is 64.5 cm³/mol. The van der Waals surface area contributed by atoms with E-state index in [4.69, 9.17) is 4.74 Å². The largest absolute Gasteiger partial charge is 0.374 e. The number of hydrogen-bond acceptors (Lipinski definition) is 3. The predicted octanol–water partition coefficient (Wildman–Crippen LogP) is 0.539. The highest BCUT2D eigenvalue weighted by molar-refractivity contribution is 5.89. The van der Waals surface area contributed by atoms with E-state index >= 15 is 0 Å². The summed E-state index contributed by atoms with van der Waals surface area (Å²) in [6, 6.07) is -0.442. The Morgan fingerprint density at radius 2 is 2.12 bits per heavy atom. The summed E-state index contributed by atoms with van der Waals surface area (Å²) >= 11 is 0. The average Bonchev–Trinajstić information content (AvgIpc) is 2.31. The number of amides is 2. The lowest BCUT2D eigenvalue weighted by Crippen LogP contribution is -2.48. The van der Waals surface area contributed by atoms with Crippen molar-refractivity contribution in [2.45, 2.75) is 45.8 Å². The molecule has 1 aliphatic heterocycles. The van der Waals surface area contributed by atoms with Crippen molar-refractivity contribution in [2.75, 3.05) is 19.7 Å². The van der Waals surface area contributed by atoms with Gasteiger partial charge < -0.3 is 15.0 Å². The molecule has 5 nitrogen and oxygen atoms in total. The van der Waals surface area contributed by atoms with Crippen LogP contribution in [-0.4, -0.2) is 48.1 Å². The van der Waals surface area contributed by atoms with Gasteiger partial charge >= 0.3 is 0 Å². The molecule has 17 heavy (non-hydrogen) atoms. The Kier molecular flexibility index (Phi) is 4.51. The van der Waals surface area contributed by atoms with Gasteiger partial charge in [-0.3, -0.25) is 9.59 Å². The number of hydrogen-bond donors (Lipinski definition) is 1. The molecule has 1 fully saturated rings. The molecule has 0 spiro atoms. The zero-order valence-corrected chi connectivity index (χ0v) is 11.1. The molecule has 0 aromatic heterocycles. The van der Waals surface area contributed by atoms with Crippen LogP contribution in [0.1, 0.15) is 34.1 Å². The van der Waals surface area contributed by atoms with Crippen molar-refractivity contribution >= 4 is 11.8 Å². The lowest BCUT2D eigenvalue weighted by molar-refractivity contribution is -0.137. The summed E-state index contributed by atoms with van der Waals surface area (Å²) in [7, 11) is 0. The zero-order valence-electron chi connectivity index (χ0n) is 11.1. The molecule has 2 amide bonds. The van der Waals surface area contributed by atoms with Gasteiger partial charge in [0.25, 0.3) is 0 Å². The molecule has 1 saturated heterocycles. The summed E-state index contributed by atoms with van der Waals surface area (Å²) in [5.41, 5.74) is -0.377. The number of nitrogens with one attached hydrogen (secondary N) is 1. The van der Waals surface area contributed by atoms with Gasteiger partial charge in [-0.05, 0) is 27.7 Å². The van der Waals surface area contributed by atoms with Crippen LogP contribution in [0.15, 0.2) is 0 Å². The van der Waals surface area contributed by atoms with Crippen molar-refractivity contribution in [1.82, 2.24) is 10.2 Å². The van der Waals surface area contributed by atoms with Crippen LogP contribution >= 0.6 is 0 Å². The van der Waals surface area contributed by atoms with E-state index in [-0.39, 0.29) is 17.4 Å². The molecule has 0 bridgehead atoms. The summed E-state index contributed by atoms with van der Waals surface area (Å²) in [6.07, 6.45) is 0.359. The van der Waals surface area contributed by atoms with E-state index in [1.165, 1.54) is 0 Å². The Morgan fingerprint density at radius 3 is 2.71 bits per heavy atom. The maximum Gasteiger partial charge on any atom is 0.244 e. The molecule has 0 radical (unpaired) electrons. The maximum absolute atomic E-state index is 12.0. The van der Waals surface area contributed by atoms with Crippen molar-refractivity contribution < 1.29 is 14.3 Å². The summed E-state index contributed by atoms with van der Waals surface area (Å²) in [5.74, 6) is -0.105. The highest BCUT2D eigenvalue weighted by atomic mass is 16.5. The van der Waals surface area contributed by atoms with Gasteiger partial charge in [0.05, 0.1) is 5.60 Å². The highest BCUT2D eigenvalue weighted by Gasteiger charge is 2.31. The monoisotopic (exact) mass is 242 g/mol. The van der Waals surface area contributed by atoms with Crippen LogP contribution in [0.25, 0.3) is 0 Å². The molecule has 98 valence electrons. The van der Waals surface area contributed by atoms with Crippen molar-refractivity contribution in [3.05, 3.63) is 0 Å².